The third-order valence-corrected chi connectivity index (χ3v) is 4.24. The van der Waals surface area contributed by atoms with Gasteiger partial charge in [-0.3, -0.25) is 0 Å². The molecule has 0 spiro atoms. The predicted octanol–water partition coefficient (Wildman–Crippen LogP) is 4.76. The molecule has 0 amide bonds. The molecule has 1 fully saturated rings. The average molecular weight is 273 g/mol. The SMILES string of the molecule is Cc1c(Cl)nc(C2CCCC2)nc1-c1ccccc1. The van der Waals surface area contributed by atoms with Crippen molar-refractivity contribution in [2.75, 3.05) is 0 Å². The largest absolute Gasteiger partial charge is 0.232 e. The summed E-state index contributed by atoms with van der Waals surface area (Å²) in [5.41, 5.74) is 3.06. The summed E-state index contributed by atoms with van der Waals surface area (Å²) in [5.74, 6) is 1.41. The Hall–Kier alpha value is -1.41. The van der Waals surface area contributed by atoms with Gasteiger partial charge in [-0.1, -0.05) is 54.8 Å². The van der Waals surface area contributed by atoms with Crippen molar-refractivity contribution in [1.82, 2.24) is 9.97 Å². The third-order valence-electron chi connectivity index (χ3n) is 3.87. The van der Waals surface area contributed by atoms with Crippen LogP contribution >= 0.6 is 11.6 Å². The molecular formula is C16H17ClN2. The summed E-state index contributed by atoms with van der Waals surface area (Å²) in [4.78, 5) is 9.29. The highest BCUT2D eigenvalue weighted by molar-refractivity contribution is 6.30. The molecule has 0 aliphatic heterocycles. The molecule has 1 aliphatic rings. The van der Waals surface area contributed by atoms with Gasteiger partial charge in [0.1, 0.15) is 11.0 Å². The Morgan fingerprint density at radius 3 is 2.42 bits per heavy atom. The standard InChI is InChI=1S/C16H17ClN2/c1-11-14(12-7-3-2-4-8-12)18-16(19-15(11)17)13-9-5-6-10-13/h2-4,7-8,13H,5-6,9-10H2,1H3. The van der Waals surface area contributed by atoms with Gasteiger partial charge in [-0.15, -0.1) is 0 Å². The van der Waals surface area contributed by atoms with Gasteiger partial charge in [-0.05, 0) is 19.8 Å². The topological polar surface area (TPSA) is 25.8 Å². The summed E-state index contributed by atoms with van der Waals surface area (Å²) in [6, 6.07) is 10.2. The smallest absolute Gasteiger partial charge is 0.136 e. The van der Waals surface area contributed by atoms with E-state index in [-0.39, 0.29) is 0 Å². The highest BCUT2D eigenvalue weighted by Gasteiger charge is 2.22. The van der Waals surface area contributed by atoms with Gasteiger partial charge in [0.2, 0.25) is 0 Å². The van der Waals surface area contributed by atoms with E-state index in [1.54, 1.807) is 0 Å². The molecule has 3 rings (SSSR count). The third kappa shape index (κ3) is 2.50. The molecule has 98 valence electrons. The van der Waals surface area contributed by atoms with Crippen LogP contribution in [0.4, 0.5) is 0 Å². The van der Waals surface area contributed by atoms with Crippen LogP contribution in [-0.4, -0.2) is 9.97 Å². The fourth-order valence-electron chi connectivity index (χ4n) is 2.75. The fourth-order valence-corrected chi connectivity index (χ4v) is 2.93. The van der Waals surface area contributed by atoms with E-state index < -0.39 is 0 Å². The van der Waals surface area contributed by atoms with Gasteiger partial charge in [0, 0.05) is 17.0 Å². The van der Waals surface area contributed by atoms with Crippen LogP contribution < -0.4 is 0 Å². The molecule has 0 unspecified atom stereocenters. The van der Waals surface area contributed by atoms with Gasteiger partial charge < -0.3 is 0 Å². The predicted molar refractivity (Wildman–Crippen MR) is 78.4 cm³/mol. The number of hydrogen-bond donors (Lipinski definition) is 0. The van der Waals surface area contributed by atoms with Crippen molar-refractivity contribution in [2.24, 2.45) is 0 Å². The second kappa shape index (κ2) is 5.30. The number of rotatable bonds is 2. The number of nitrogens with zero attached hydrogens (tertiary/aromatic N) is 2. The lowest BCUT2D eigenvalue weighted by Gasteiger charge is -2.13. The van der Waals surface area contributed by atoms with Gasteiger partial charge in [0.15, 0.2) is 0 Å². The van der Waals surface area contributed by atoms with E-state index in [2.05, 4.69) is 17.1 Å². The number of aromatic nitrogens is 2. The zero-order chi connectivity index (χ0) is 13.2. The molecule has 2 aromatic rings. The summed E-state index contributed by atoms with van der Waals surface area (Å²) in [5, 5.41) is 0.593. The average Bonchev–Trinajstić information content (AvgIpc) is 2.97. The van der Waals surface area contributed by atoms with Gasteiger partial charge in [0.25, 0.3) is 0 Å². The Morgan fingerprint density at radius 2 is 1.74 bits per heavy atom. The van der Waals surface area contributed by atoms with E-state index in [9.17, 15) is 0 Å². The van der Waals surface area contributed by atoms with Crippen LogP contribution in [0.3, 0.4) is 0 Å². The van der Waals surface area contributed by atoms with Crippen LogP contribution in [0.2, 0.25) is 5.15 Å². The molecule has 1 aromatic heterocycles. The monoisotopic (exact) mass is 272 g/mol. The molecule has 1 saturated carbocycles. The van der Waals surface area contributed by atoms with Gasteiger partial charge >= 0.3 is 0 Å². The molecular weight excluding hydrogens is 256 g/mol. The number of benzene rings is 1. The lowest BCUT2D eigenvalue weighted by Crippen LogP contribution is -2.04. The van der Waals surface area contributed by atoms with Crippen molar-refractivity contribution in [3.8, 4) is 11.3 Å². The van der Waals surface area contributed by atoms with Gasteiger partial charge in [-0.2, -0.15) is 0 Å². The molecule has 1 heterocycles. The minimum Gasteiger partial charge on any atom is -0.232 e. The zero-order valence-corrected chi connectivity index (χ0v) is 11.8. The van der Waals surface area contributed by atoms with Gasteiger partial charge in [0.05, 0.1) is 5.69 Å². The highest BCUT2D eigenvalue weighted by atomic mass is 35.5. The Bertz CT molecular complexity index is 575. The molecule has 2 nitrogen and oxygen atoms in total. The Labute approximate surface area is 118 Å². The Kier molecular flexibility index (Phi) is 3.52. The summed E-state index contributed by atoms with van der Waals surface area (Å²) in [6.45, 7) is 1.99. The number of halogens is 1. The van der Waals surface area contributed by atoms with E-state index in [0.29, 0.717) is 11.1 Å². The van der Waals surface area contributed by atoms with E-state index in [1.165, 1.54) is 25.7 Å². The molecule has 1 aromatic carbocycles. The Balaban J connectivity index is 2.08. The fraction of sp³-hybridized carbons (Fsp3) is 0.375. The summed E-state index contributed by atoms with van der Waals surface area (Å²) in [6.07, 6.45) is 4.93. The molecule has 0 N–H and O–H groups in total. The summed E-state index contributed by atoms with van der Waals surface area (Å²) >= 11 is 6.30. The van der Waals surface area contributed by atoms with Crippen LogP contribution in [0.5, 0.6) is 0 Å². The van der Waals surface area contributed by atoms with Crippen LogP contribution in [0, 0.1) is 6.92 Å². The van der Waals surface area contributed by atoms with Crippen LogP contribution in [0.1, 0.15) is 43.0 Å². The minimum absolute atomic E-state index is 0.487. The second-order valence-electron chi connectivity index (χ2n) is 5.19. The first-order chi connectivity index (χ1) is 9.25. The second-order valence-corrected chi connectivity index (χ2v) is 5.55. The van der Waals surface area contributed by atoms with Crippen LogP contribution in [0.25, 0.3) is 11.3 Å². The first-order valence-electron chi connectivity index (χ1n) is 6.85. The normalized spacial score (nSPS) is 15.9. The highest BCUT2D eigenvalue weighted by Crippen LogP contribution is 2.35. The lowest BCUT2D eigenvalue weighted by atomic mass is 10.0. The first-order valence-corrected chi connectivity index (χ1v) is 7.23. The minimum atomic E-state index is 0.487. The van der Waals surface area contributed by atoms with Gasteiger partial charge in [-0.25, -0.2) is 9.97 Å². The van der Waals surface area contributed by atoms with Crippen molar-refractivity contribution in [2.45, 2.75) is 38.5 Å². The molecule has 0 radical (unpaired) electrons. The number of hydrogen-bond acceptors (Lipinski definition) is 2. The van der Waals surface area contributed by atoms with E-state index in [1.807, 2.05) is 25.1 Å². The maximum atomic E-state index is 6.30. The summed E-state index contributed by atoms with van der Waals surface area (Å²) < 4.78 is 0. The van der Waals surface area contributed by atoms with Crippen molar-refractivity contribution in [1.29, 1.82) is 0 Å². The van der Waals surface area contributed by atoms with Crippen molar-refractivity contribution < 1.29 is 0 Å². The van der Waals surface area contributed by atoms with Crippen molar-refractivity contribution in [3.63, 3.8) is 0 Å². The van der Waals surface area contributed by atoms with Crippen molar-refractivity contribution in [3.05, 3.63) is 46.9 Å². The lowest BCUT2D eigenvalue weighted by molar-refractivity contribution is 0.667. The molecule has 19 heavy (non-hydrogen) atoms. The van der Waals surface area contributed by atoms with Crippen molar-refractivity contribution >= 4 is 11.6 Å². The van der Waals surface area contributed by atoms with Crippen LogP contribution in [0.15, 0.2) is 30.3 Å². The molecule has 0 atom stereocenters. The first kappa shape index (κ1) is 12.6. The van der Waals surface area contributed by atoms with E-state index in [4.69, 9.17) is 16.6 Å². The van der Waals surface area contributed by atoms with E-state index in [0.717, 1.165) is 22.6 Å². The Morgan fingerprint density at radius 1 is 1.05 bits per heavy atom. The quantitative estimate of drug-likeness (QED) is 0.737. The molecule has 1 aliphatic carbocycles. The summed E-state index contributed by atoms with van der Waals surface area (Å²) in [7, 11) is 0. The molecule has 0 bridgehead atoms. The molecule has 0 saturated heterocycles. The zero-order valence-electron chi connectivity index (χ0n) is 11.1. The van der Waals surface area contributed by atoms with E-state index >= 15 is 0 Å². The van der Waals surface area contributed by atoms with Crippen LogP contribution in [-0.2, 0) is 0 Å². The maximum absolute atomic E-state index is 6.30. The molecule has 3 heteroatoms. The maximum Gasteiger partial charge on any atom is 0.136 e.